The smallest absolute Gasteiger partial charge is 0.132 e. The molecule has 3 nitrogen and oxygen atoms in total. The topological polar surface area (TPSA) is 42.2 Å². The number of hydrogen-bond acceptors (Lipinski definition) is 3. The highest BCUT2D eigenvalue weighted by atomic mass is 15.2. The van der Waals surface area contributed by atoms with E-state index in [4.69, 9.17) is 10.7 Å². The molecule has 0 unspecified atom stereocenters. The number of rotatable bonds is 6. The number of pyridine rings is 1. The lowest BCUT2D eigenvalue weighted by molar-refractivity contribution is 0.659. The molecule has 0 aliphatic carbocycles. The summed E-state index contributed by atoms with van der Waals surface area (Å²) in [5.41, 5.74) is 8.10. The summed E-state index contributed by atoms with van der Waals surface area (Å²) in [5.74, 6) is 1.10. The van der Waals surface area contributed by atoms with E-state index in [1.54, 1.807) is 0 Å². The van der Waals surface area contributed by atoms with Crippen LogP contribution in [0.5, 0.6) is 0 Å². The summed E-state index contributed by atoms with van der Waals surface area (Å²) >= 11 is 0. The van der Waals surface area contributed by atoms with Crippen LogP contribution in [-0.2, 0) is 6.42 Å². The first-order valence-electron chi connectivity index (χ1n) is 7.52. The molecule has 1 aromatic carbocycles. The van der Waals surface area contributed by atoms with Crippen LogP contribution < -0.4 is 10.6 Å². The molecular formula is C17H25N3. The average Bonchev–Trinajstić information content (AvgIpc) is 2.44. The molecule has 0 radical (unpaired) electrons. The standard InChI is InChI=1S/C17H25N3/c1-4-11-20(13(2)3)17-15(9-10-18)12-14-7-5-6-8-16(14)19-17/h5-8,12-13H,4,9-11,18H2,1-3H3. The van der Waals surface area contributed by atoms with Crippen LogP contribution in [0.2, 0.25) is 0 Å². The van der Waals surface area contributed by atoms with E-state index in [1.165, 1.54) is 10.9 Å². The van der Waals surface area contributed by atoms with Crippen LogP contribution in [0.3, 0.4) is 0 Å². The highest BCUT2D eigenvalue weighted by Gasteiger charge is 2.16. The lowest BCUT2D eigenvalue weighted by atomic mass is 10.1. The number of nitrogens with zero attached hydrogens (tertiary/aromatic N) is 2. The summed E-state index contributed by atoms with van der Waals surface area (Å²) < 4.78 is 0. The molecule has 0 spiro atoms. The predicted molar refractivity (Wildman–Crippen MR) is 87.3 cm³/mol. The Hall–Kier alpha value is -1.61. The van der Waals surface area contributed by atoms with Gasteiger partial charge in [-0.05, 0) is 50.9 Å². The Morgan fingerprint density at radius 1 is 1.25 bits per heavy atom. The molecule has 2 N–H and O–H groups in total. The van der Waals surface area contributed by atoms with Crippen LogP contribution in [0, 0.1) is 0 Å². The minimum atomic E-state index is 0.445. The van der Waals surface area contributed by atoms with Crippen molar-refractivity contribution < 1.29 is 0 Å². The summed E-state index contributed by atoms with van der Waals surface area (Å²) in [6, 6.07) is 11.0. The minimum absolute atomic E-state index is 0.445. The van der Waals surface area contributed by atoms with Gasteiger partial charge in [-0.2, -0.15) is 0 Å². The predicted octanol–water partition coefficient (Wildman–Crippen LogP) is 3.36. The summed E-state index contributed by atoms with van der Waals surface area (Å²) in [4.78, 5) is 7.29. The van der Waals surface area contributed by atoms with E-state index in [0.717, 1.165) is 30.7 Å². The van der Waals surface area contributed by atoms with Gasteiger partial charge in [0.05, 0.1) is 5.52 Å². The number of aromatic nitrogens is 1. The molecular weight excluding hydrogens is 246 g/mol. The van der Waals surface area contributed by atoms with Crippen LogP contribution in [0.25, 0.3) is 10.9 Å². The van der Waals surface area contributed by atoms with Gasteiger partial charge in [-0.3, -0.25) is 0 Å². The molecule has 0 fully saturated rings. The van der Waals surface area contributed by atoms with Crippen molar-refractivity contribution in [2.75, 3.05) is 18.0 Å². The number of benzene rings is 1. The normalized spacial score (nSPS) is 11.2. The first-order chi connectivity index (χ1) is 9.67. The quantitative estimate of drug-likeness (QED) is 0.876. The first kappa shape index (κ1) is 14.8. The zero-order valence-electron chi connectivity index (χ0n) is 12.8. The van der Waals surface area contributed by atoms with Gasteiger partial charge in [-0.25, -0.2) is 4.98 Å². The fourth-order valence-corrected chi connectivity index (χ4v) is 2.59. The van der Waals surface area contributed by atoms with Gasteiger partial charge in [-0.15, -0.1) is 0 Å². The van der Waals surface area contributed by atoms with Gasteiger partial charge in [-0.1, -0.05) is 25.1 Å². The second-order valence-corrected chi connectivity index (χ2v) is 5.49. The zero-order valence-corrected chi connectivity index (χ0v) is 12.8. The monoisotopic (exact) mass is 271 g/mol. The van der Waals surface area contributed by atoms with Gasteiger partial charge in [0.15, 0.2) is 0 Å². The maximum Gasteiger partial charge on any atom is 0.132 e. The third-order valence-electron chi connectivity index (χ3n) is 3.55. The van der Waals surface area contributed by atoms with Crippen molar-refractivity contribution >= 4 is 16.7 Å². The third-order valence-corrected chi connectivity index (χ3v) is 3.55. The van der Waals surface area contributed by atoms with E-state index in [2.05, 4.69) is 49.9 Å². The van der Waals surface area contributed by atoms with E-state index in [9.17, 15) is 0 Å². The molecule has 0 bridgehead atoms. The Labute approximate surface area is 121 Å². The molecule has 0 atom stereocenters. The van der Waals surface area contributed by atoms with Crippen LogP contribution in [0.15, 0.2) is 30.3 Å². The molecule has 0 saturated carbocycles. The van der Waals surface area contributed by atoms with Crippen molar-refractivity contribution in [2.24, 2.45) is 5.73 Å². The van der Waals surface area contributed by atoms with Gasteiger partial charge in [0, 0.05) is 18.0 Å². The zero-order chi connectivity index (χ0) is 14.5. The van der Waals surface area contributed by atoms with Crippen LogP contribution in [0.1, 0.15) is 32.8 Å². The number of para-hydroxylation sites is 1. The number of nitrogens with two attached hydrogens (primary N) is 1. The fraction of sp³-hybridized carbons (Fsp3) is 0.471. The van der Waals surface area contributed by atoms with Gasteiger partial charge < -0.3 is 10.6 Å². The Morgan fingerprint density at radius 2 is 2.00 bits per heavy atom. The summed E-state index contributed by atoms with van der Waals surface area (Å²) in [7, 11) is 0. The largest absolute Gasteiger partial charge is 0.354 e. The fourth-order valence-electron chi connectivity index (χ4n) is 2.59. The Bertz CT molecular complexity index is 563. The van der Waals surface area contributed by atoms with Crippen LogP contribution >= 0.6 is 0 Å². The second kappa shape index (κ2) is 6.71. The molecule has 1 heterocycles. The number of fused-ring (bicyclic) bond motifs is 1. The van der Waals surface area contributed by atoms with E-state index in [0.29, 0.717) is 12.6 Å². The van der Waals surface area contributed by atoms with Crippen molar-refractivity contribution in [3.8, 4) is 0 Å². The van der Waals surface area contributed by atoms with Crippen molar-refractivity contribution in [2.45, 2.75) is 39.7 Å². The van der Waals surface area contributed by atoms with E-state index in [1.807, 2.05) is 6.07 Å². The SMILES string of the molecule is CCCN(c1nc2ccccc2cc1CCN)C(C)C. The van der Waals surface area contributed by atoms with Gasteiger partial charge in [0.2, 0.25) is 0 Å². The first-order valence-corrected chi connectivity index (χ1v) is 7.52. The molecule has 0 aliphatic heterocycles. The highest BCUT2D eigenvalue weighted by molar-refractivity contribution is 5.81. The molecule has 0 amide bonds. The third kappa shape index (κ3) is 3.10. The Kier molecular flexibility index (Phi) is 4.96. The molecule has 1 aromatic heterocycles. The Balaban J connectivity index is 2.55. The van der Waals surface area contributed by atoms with Crippen LogP contribution in [0.4, 0.5) is 5.82 Å². The summed E-state index contributed by atoms with van der Waals surface area (Å²) in [6.07, 6.45) is 1.99. The molecule has 0 aliphatic rings. The van der Waals surface area contributed by atoms with Crippen molar-refractivity contribution in [1.82, 2.24) is 4.98 Å². The Morgan fingerprint density at radius 3 is 2.65 bits per heavy atom. The average molecular weight is 271 g/mol. The molecule has 2 aromatic rings. The number of hydrogen-bond donors (Lipinski definition) is 1. The molecule has 2 rings (SSSR count). The maximum atomic E-state index is 5.78. The van der Waals surface area contributed by atoms with Gasteiger partial charge in [0.25, 0.3) is 0 Å². The molecule has 0 saturated heterocycles. The highest BCUT2D eigenvalue weighted by Crippen LogP contribution is 2.25. The lowest BCUT2D eigenvalue weighted by Gasteiger charge is -2.29. The van der Waals surface area contributed by atoms with Gasteiger partial charge >= 0.3 is 0 Å². The van der Waals surface area contributed by atoms with E-state index >= 15 is 0 Å². The maximum absolute atomic E-state index is 5.78. The summed E-state index contributed by atoms with van der Waals surface area (Å²) in [6.45, 7) is 8.34. The van der Waals surface area contributed by atoms with Crippen molar-refractivity contribution in [3.05, 3.63) is 35.9 Å². The summed E-state index contributed by atoms with van der Waals surface area (Å²) in [5, 5.41) is 1.19. The van der Waals surface area contributed by atoms with Crippen molar-refractivity contribution in [1.29, 1.82) is 0 Å². The second-order valence-electron chi connectivity index (χ2n) is 5.49. The molecule has 108 valence electrons. The molecule has 20 heavy (non-hydrogen) atoms. The lowest BCUT2D eigenvalue weighted by Crippen LogP contribution is -2.33. The van der Waals surface area contributed by atoms with E-state index < -0.39 is 0 Å². The number of anilines is 1. The van der Waals surface area contributed by atoms with Crippen LogP contribution in [-0.4, -0.2) is 24.1 Å². The van der Waals surface area contributed by atoms with Crippen molar-refractivity contribution in [3.63, 3.8) is 0 Å². The minimum Gasteiger partial charge on any atom is -0.354 e. The van der Waals surface area contributed by atoms with E-state index in [-0.39, 0.29) is 0 Å². The molecule has 3 heteroatoms. The van der Waals surface area contributed by atoms with Gasteiger partial charge in [0.1, 0.15) is 5.82 Å².